The van der Waals surface area contributed by atoms with Crippen LogP contribution in [0.1, 0.15) is 37.7 Å². The van der Waals surface area contributed by atoms with Crippen LogP contribution >= 0.6 is 46.4 Å². The molecule has 5 heteroatoms. The summed E-state index contributed by atoms with van der Waals surface area (Å²) in [4.78, 5) is 0. The van der Waals surface area contributed by atoms with Gasteiger partial charge in [0.2, 0.25) is 0 Å². The van der Waals surface area contributed by atoms with Gasteiger partial charge >= 0.3 is 0 Å². The molecule has 1 nitrogen and oxygen atoms in total. The van der Waals surface area contributed by atoms with Gasteiger partial charge in [0.1, 0.15) is 0 Å². The van der Waals surface area contributed by atoms with E-state index in [-0.39, 0.29) is 0 Å². The first kappa shape index (κ1) is 15.7. The summed E-state index contributed by atoms with van der Waals surface area (Å²) < 4.78 is 0. The first-order chi connectivity index (χ1) is 9.09. The molecule has 1 aliphatic rings. The van der Waals surface area contributed by atoms with Gasteiger partial charge in [0, 0.05) is 11.1 Å². The monoisotopic (exact) mass is 339 g/mol. The zero-order valence-electron chi connectivity index (χ0n) is 10.6. The van der Waals surface area contributed by atoms with Crippen LogP contribution < -0.4 is 5.32 Å². The predicted octanol–water partition coefficient (Wildman–Crippen LogP) is 5.77. The lowest BCUT2D eigenvalue weighted by molar-refractivity contribution is 0.600. The Morgan fingerprint density at radius 2 is 1.68 bits per heavy atom. The van der Waals surface area contributed by atoms with Crippen LogP contribution in [0, 0.1) is 0 Å². The van der Waals surface area contributed by atoms with E-state index in [0.717, 1.165) is 37.4 Å². The number of halogens is 4. The van der Waals surface area contributed by atoms with E-state index in [0.29, 0.717) is 20.1 Å². The first-order valence-corrected chi connectivity index (χ1v) is 8.16. The predicted molar refractivity (Wildman–Crippen MR) is 85.1 cm³/mol. The third kappa shape index (κ3) is 4.68. The Labute approximate surface area is 134 Å². The molecule has 1 fully saturated rings. The summed E-state index contributed by atoms with van der Waals surface area (Å²) in [7, 11) is 0. The van der Waals surface area contributed by atoms with Crippen molar-refractivity contribution in [3.63, 3.8) is 0 Å². The number of hydrogen-bond acceptors (Lipinski definition) is 1. The van der Waals surface area contributed by atoms with Crippen molar-refractivity contribution in [1.29, 1.82) is 0 Å². The minimum atomic E-state index is 0.401. The zero-order valence-corrected chi connectivity index (χ0v) is 13.6. The Bertz CT molecular complexity index is 444. The highest BCUT2D eigenvalue weighted by molar-refractivity contribution is 6.49. The SMILES string of the molecule is Clc1cc(Cl)c(CCCCCNC2CC2)c(Cl)c1Cl. The minimum Gasteiger partial charge on any atom is -0.314 e. The topological polar surface area (TPSA) is 12.0 Å². The van der Waals surface area contributed by atoms with Gasteiger partial charge < -0.3 is 5.32 Å². The lowest BCUT2D eigenvalue weighted by Crippen LogP contribution is -2.17. The van der Waals surface area contributed by atoms with Crippen LogP contribution in [0.25, 0.3) is 0 Å². The molecule has 0 radical (unpaired) electrons. The first-order valence-electron chi connectivity index (χ1n) is 6.65. The molecular formula is C14H17Cl4N. The summed E-state index contributed by atoms with van der Waals surface area (Å²) in [6, 6.07) is 2.46. The molecular weight excluding hydrogens is 324 g/mol. The fourth-order valence-corrected chi connectivity index (χ4v) is 3.15. The van der Waals surface area contributed by atoms with Crippen molar-refractivity contribution >= 4 is 46.4 Å². The van der Waals surface area contributed by atoms with Crippen molar-refractivity contribution < 1.29 is 0 Å². The summed E-state index contributed by atoms with van der Waals surface area (Å²) in [5, 5.41) is 5.42. The highest BCUT2D eigenvalue weighted by Gasteiger charge is 2.19. The number of hydrogen-bond donors (Lipinski definition) is 1. The van der Waals surface area contributed by atoms with Crippen molar-refractivity contribution in [1.82, 2.24) is 5.32 Å². The molecule has 0 amide bonds. The molecule has 2 rings (SSSR count). The van der Waals surface area contributed by atoms with Crippen LogP contribution in [0.5, 0.6) is 0 Å². The second kappa shape index (κ2) is 7.38. The van der Waals surface area contributed by atoms with Gasteiger partial charge in [0.05, 0.1) is 15.1 Å². The molecule has 1 N–H and O–H groups in total. The molecule has 1 saturated carbocycles. The van der Waals surface area contributed by atoms with Crippen molar-refractivity contribution in [2.75, 3.05) is 6.54 Å². The fourth-order valence-electron chi connectivity index (χ4n) is 2.03. The quantitative estimate of drug-likeness (QED) is 0.377. The fraction of sp³-hybridized carbons (Fsp3) is 0.571. The molecule has 0 bridgehead atoms. The Morgan fingerprint density at radius 3 is 2.37 bits per heavy atom. The van der Waals surface area contributed by atoms with E-state index in [2.05, 4.69) is 5.32 Å². The molecule has 0 aromatic heterocycles. The van der Waals surface area contributed by atoms with Crippen LogP contribution in [0.4, 0.5) is 0 Å². The van der Waals surface area contributed by atoms with Crippen LogP contribution in [0.2, 0.25) is 20.1 Å². The van der Waals surface area contributed by atoms with E-state index in [1.165, 1.54) is 19.3 Å². The maximum absolute atomic E-state index is 6.18. The van der Waals surface area contributed by atoms with Gasteiger partial charge in [-0.3, -0.25) is 0 Å². The van der Waals surface area contributed by atoms with Gasteiger partial charge in [0.25, 0.3) is 0 Å². The number of unbranched alkanes of at least 4 members (excludes halogenated alkanes) is 2. The Kier molecular flexibility index (Phi) is 6.11. The molecule has 0 aliphatic heterocycles. The number of benzene rings is 1. The van der Waals surface area contributed by atoms with Crippen LogP contribution in [-0.2, 0) is 6.42 Å². The van der Waals surface area contributed by atoms with Crippen molar-refractivity contribution in [2.45, 2.75) is 44.6 Å². The molecule has 1 aromatic carbocycles. The Hall–Kier alpha value is 0.340. The summed E-state index contributed by atoms with van der Waals surface area (Å²) in [5.41, 5.74) is 0.910. The summed E-state index contributed by atoms with van der Waals surface area (Å²) in [6.07, 6.45) is 6.93. The smallest absolute Gasteiger partial charge is 0.0782 e. The minimum absolute atomic E-state index is 0.401. The largest absolute Gasteiger partial charge is 0.314 e. The average Bonchev–Trinajstić information content (AvgIpc) is 3.18. The molecule has 1 aromatic rings. The molecule has 1 aliphatic carbocycles. The molecule has 0 atom stereocenters. The second-order valence-corrected chi connectivity index (χ2v) is 6.56. The molecule has 0 saturated heterocycles. The van der Waals surface area contributed by atoms with E-state index in [9.17, 15) is 0 Å². The molecule has 0 unspecified atom stereocenters. The van der Waals surface area contributed by atoms with Crippen molar-refractivity contribution in [3.05, 3.63) is 31.7 Å². The second-order valence-electron chi connectivity index (χ2n) is 4.99. The maximum atomic E-state index is 6.18. The zero-order chi connectivity index (χ0) is 13.8. The van der Waals surface area contributed by atoms with Gasteiger partial charge in [-0.1, -0.05) is 52.8 Å². The lowest BCUT2D eigenvalue weighted by atomic mass is 10.1. The third-order valence-electron chi connectivity index (χ3n) is 3.32. The number of rotatable bonds is 7. The van der Waals surface area contributed by atoms with E-state index >= 15 is 0 Å². The lowest BCUT2D eigenvalue weighted by Gasteiger charge is -2.10. The van der Waals surface area contributed by atoms with E-state index in [1.807, 2.05) is 0 Å². The molecule has 106 valence electrons. The molecule has 0 heterocycles. The van der Waals surface area contributed by atoms with E-state index < -0.39 is 0 Å². The summed E-state index contributed by atoms with van der Waals surface area (Å²) in [6.45, 7) is 1.10. The molecule has 19 heavy (non-hydrogen) atoms. The standard InChI is InChI=1S/C14H17Cl4N/c15-11-8-12(16)14(18)13(17)10(11)4-2-1-3-7-19-9-5-6-9/h8-9,19H,1-7H2. The Morgan fingerprint density at radius 1 is 0.947 bits per heavy atom. The summed E-state index contributed by atoms with van der Waals surface area (Å²) >= 11 is 24.3. The average molecular weight is 341 g/mol. The van der Waals surface area contributed by atoms with Gasteiger partial charge in [-0.2, -0.15) is 0 Å². The highest BCUT2D eigenvalue weighted by Crippen LogP contribution is 2.38. The maximum Gasteiger partial charge on any atom is 0.0782 e. The summed E-state index contributed by atoms with van der Waals surface area (Å²) in [5.74, 6) is 0. The number of nitrogens with one attached hydrogen (secondary N) is 1. The van der Waals surface area contributed by atoms with Crippen molar-refractivity contribution in [3.8, 4) is 0 Å². The molecule has 0 spiro atoms. The van der Waals surface area contributed by atoms with Crippen LogP contribution in [0.15, 0.2) is 6.07 Å². The third-order valence-corrected chi connectivity index (χ3v) is 4.96. The van der Waals surface area contributed by atoms with Gasteiger partial charge in [-0.05, 0) is 50.3 Å². The van der Waals surface area contributed by atoms with Gasteiger partial charge in [0.15, 0.2) is 0 Å². The van der Waals surface area contributed by atoms with E-state index in [4.69, 9.17) is 46.4 Å². The Balaban J connectivity index is 1.76. The van der Waals surface area contributed by atoms with E-state index in [1.54, 1.807) is 6.07 Å². The van der Waals surface area contributed by atoms with Crippen LogP contribution in [0.3, 0.4) is 0 Å². The van der Waals surface area contributed by atoms with Gasteiger partial charge in [-0.15, -0.1) is 0 Å². The van der Waals surface area contributed by atoms with Crippen LogP contribution in [-0.4, -0.2) is 12.6 Å². The van der Waals surface area contributed by atoms with Crippen molar-refractivity contribution in [2.24, 2.45) is 0 Å². The normalized spacial score (nSPS) is 14.9. The van der Waals surface area contributed by atoms with Gasteiger partial charge in [-0.25, -0.2) is 0 Å². The highest BCUT2D eigenvalue weighted by atomic mass is 35.5.